The van der Waals surface area contributed by atoms with Crippen molar-refractivity contribution in [3.8, 4) is 0 Å². The van der Waals surface area contributed by atoms with Crippen LogP contribution in [-0.4, -0.2) is 121 Å². The van der Waals surface area contributed by atoms with Crippen LogP contribution in [-0.2, 0) is 49.6 Å². The van der Waals surface area contributed by atoms with Crippen molar-refractivity contribution < 1.29 is 47.5 Å². The summed E-state index contributed by atoms with van der Waals surface area (Å²) in [6.07, 6.45) is 0.694. The molecule has 0 radical (unpaired) electrons. The van der Waals surface area contributed by atoms with Gasteiger partial charge in [0, 0.05) is 19.4 Å². The van der Waals surface area contributed by atoms with Crippen LogP contribution in [0.2, 0.25) is 0 Å². The molecule has 68 heavy (non-hydrogen) atoms. The Bertz CT molecular complexity index is 1880. The zero-order valence-electron chi connectivity index (χ0n) is 40.0. The summed E-state index contributed by atoms with van der Waals surface area (Å²) in [5.41, 5.74) is 33.8. The van der Waals surface area contributed by atoms with Crippen molar-refractivity contribution >= 4 is 59.1 Å². The molecule has 1 aromatic carbocycles. The maximum Gasteiger partial charge on any atom is 0.243 e. The van der Waals surface area contributed by atoms with E-state index in [2.05, 4.69) is 42.2 Å². The molecule has 0 fully saturated rings. The van der Waals surface area contributed by atoms with Gasteiger partial charge < -0.3 is 71.6 Å². The number of amides is 9. The molecule has 0 unspecified atom stereocenters. The van der Waals surface area contributed by atoms with E-state index in [9.17, 15) is 47.5 Å². The normalized spacial score (nSPS) is 15.0. The third kappa shape index (κ3) is 22.8. The van der Waals surface area contributed by atoms with Gasteiger partial charge >= 0.3 is 0 Å². The van der Waals surface area contributed by atoms with Crippen molar-refractivity contribution in [2.45, 2.75) is 154 Å². The van der Waals surface area contributed by atoms with E-state index in [1.165, 1.54) is 38.1 Å². The summed E-state index contributed by atoms with van der Waals surface area (Å²) >= 11 is 0. The minimum atomic E-state index is -1.48. The molecule has 0 heterocycles. The molecule has 9 atom stereocenters. The predicted molar refractivity (Wildman–Crippen MR) is 252 cm³/mol. The number of nitrogens with two attached hydrogens (primary N) is 6. The molecule has 0 spiro atoms. The average Bonchev–Trinajstić information content (AvgIpc) is 3.26. The minimum Gasteiger partial charge on any atom is -0.370 e. The van der Waals surface area contributed by atoms with Crippen LogP contribution in [0.15, 0.2) is 29.3 Å². The van der Waals surface area contributed by atoms with Gasteiger partial charge in [0.1, 0.15) is 48.1 Å². The molecule has 1 rings (SSSR count). The number of guanidine groups is 1. The molecule has 19 N–H and O–H groups in total. The number of halogens is 1. The Kier molecular flexibility index (Phi) is 27.0. The number of primary amides is 2. The van der Waals surface area contributed by atoms with E-state index in [-0.39, 0.29) is 69.9 Å². The summed E-state index contributed by atoms with van der Waals surface area (Å²) in [6.45, 7) is 10.2. The van der Waals surface area contributed by atoms with Crippen molar-refractivity contribution in [1.29, 1.82) is 0 Å². The minimum absolute atomic E-state index is 0.0339. The van der Waals surface area contributed by atoms with E-state index in [1.807, 2.05) is 0 Å². The van der Waals surface area contributed by atoms with Gasteiger partial charge in [0.05, 0.1) is 6.04 Å². The van der Waals surface area contributed by atoms with Gasteiger partial charge in [-0.1, -0.05) is 46.2 Å². The van der Waals surface area contributed by atoms with Gasteiger partial charge in [-0.15, -0.1) is 0 Å². The highest BCUT2D eigenvalue weighted by Crippen LogP contribution is 2.14. The fraction of sp³-hybridized carbons (Fsp3) is 0.636. The van der Waals surface area contributed by atoms with Crippen LogP contribution in [0.5, 0.6) is 0 Å². The van der Waals surface area contributed by atoms with E-state index < -0.39 is 113 Å². The van der Waals surface area contributed by atoms with Gasteiger partial charge in [0.15, 0.2) is 5.96 Å². The predicted octanol–water partition coefficient (Wildman–Crippen LogP) is -2.85. The van der Waals surface area contributed by atoms with Crippen LogP contribution in [0.1, 0.15) is 105 Å². The van der Waals surface area contributed by atoms with E-state index in [4.69, 9.17) is 34.4 Å². The molecular weight excluding hydrogens is 888 g/mol. The largest absolute Gasteiger partial charge is 0.370 e. The molecule has 9 amide bonds. The molecule has 0 aliphatic rings. The van der Waals surface area contributed by atoms with Crippen LogP contribution < -0.4 is 71.6 Å². The molecule has 0 saturated heterocycles. The number of rotatable bonds is 32. The lowest BCUT2D eigenvalue weighted by molar-refractivity contribution is -0.136. The molecule has 0 aromatic heterocycles. The monoisotopic (exact) mass is 963 g/mol. The molecule has 0 aliphatic heterocycles. The highest BCUT2D eigenvalue weighted by atomic mass is 19.1. The van der Waals surface area contributed by atoms with Crippen molar-refractivity contribution in [3.63, 3.8) is 0 Å². The maximum atomic E-state index is 14.2. The number of unbranched alkanes of at least 4 members (excludes halogenated alkanes) is 1. The Morgan fingerprint density at radius 3 is 1.59 bits per heavy atom. The highest BCUT2D eigenvalue weighted by Gasteiger charge is 2.35. The molecule has 24 heteroatoms. The Morgan fingerprint density at radius 1 is 0.603 bits per heavy atom. The summed E-state index contributed by atoms with van der Waals surface area (Å²) in [7, 11) is 0. The van der Waals surface area contributed by atoms with Gasteiger partial charge in [0.25, 0.3) is 0 Å². The number of hydrogen-bond donors (Lipinski definition) is 13. The lowest BCUT2D eigenvalue weighted by atomic mass is 9.95. The second-order valence-electron chi connectivity index (χ2n) is 17.3. The number of aliphatic imine (C=N–C) groups is 1. The Balaban J connectivity index is 3.49. The molecule has 0 bridgehead atoms. The zero-order valence-corrected chi connectivity index (χ0v) is 40.0. The number of benzene rings is 1. The van der Waals surface area contributed by atoms with E-state index in [0.717, 1.165) is 0 Å². The molecule has 0 saturated carbocycles. The molecule has 1 aromatic rings. The topological polar surface area (TPSA) is 406 Å². The van der Waals surface area contributed by atoms with Gasteiger partial charge in [-0.3, -0.25) is 48.1 Å². The third-order valence-corrected chi connectivity index (χ3v) is 10.8. The Morgan fingerprint density at radius 2 is 1.10 bits per heavy atom. The third-order valence-electron chi connectivity index (χ3n) is 10.8. The number of carbonyl (C=O) groups excluding carboxylic acids is 9. The number of nitrogens with zero attached hydrogens (tertiary/aromatic N) is 1. The van der Waals surface area contributed by atoms with Crippen molar-refractivity contribution in [1.82, 2.24) is 37.2 Å². The van der Waals surface area contributed by atoms with Gasteiger partial charge in [-0.05, 0) is 94.9 Å². The SMILES string of the molecule is CC[C@H](C)[C@H](NC(=O)[C@H](CC(C)C)NC(=O)[C@H](CCCN=C(N)N)NC(=O)[C@H](CCC(N)=O)NC(=O)[C@H](CCCCN)NC(=O)[C@H](C)NC(=O)[C@H](C)N)C(=O)N[C@@H](Cc1ccc(F)cc1)C(N)=O. The number of nitrogens with one attached hydrogen (secondary N) is 7. The quantitative estimate of drug-likeness (QED) is 0.0197. The zero-order chi connectivity index (χ0) is 51.7. The number of hydrogen-bond acceptors (Lipinski definition) is 12. The van der Waals surface area contributed by atoms with Crippen LogP contribution >= 0.6 is 0 Å². The first kappa shape index (κ1) is 59.6. The van der Waals surface area contributed by atoms with Gasteiger partial charge in [0.2, 0.25) is 53.2 Å². The summed E-state index contributed by atoms with van der Waals surface area (Å²) in [5, 5.41) is 18.2. The van der Waals surface area contributed by atoms with Crippen molar-refractivity contribution in [2.24, 2.45) is 51.2 Å². The summed E-state index contributed by atoms with van der Waals surface area (Å²) in [4.78, 5) is 123. The maximum absolute atomic E-state index is 14.2. The second kappa shape index (κ2) is 30.8. The average molecular weight is 963 g/mol. The van der Waals surface area contributed by atoms with Crippen LogP contribution in [0.25, 0.3) is 0 Å². The van der Waals surface area contributed by atoms with E-state index in [1.54, 1.807) is 27.7 Å². The van der Waals surface area contributed by atoms with Crippen molar-refractivity contribution in [2.75, 3.05) is 13.1 Å². The number of carbonyl (C=O) groups is 9. The van der Waals surface area contributed by atoms with E-state index >= 15 is 0 Å². The summed E-state index contributed by atoms with van der Waals surface area (Å²) in [6, 6.07) is -4.54. The molecular formula is C44H75FN14O9. The van der Waals surface area contributed by atoms with Gasteiger partial charge in [-0.25, -0.2) is 4.39 Å². The van der Waals surface area contributed by atoms with Crippen LogP contribution in [0.4, 0.5) is 4.39 Å². The first-order valence-corrected chi connectivity index (χ1v) is 22.9. The molecule has 23 nitrogen and oxygen atoms in total. The molecule has 0 aliphatic carbocycles. The van der Waals surface area contributed by atoms with Crippen LogP contribution in [0, 0.1) is 17.7 Å². The van der Waals surface area contributed by atoms with E-state index in [0.29, 0.717) is 24.8 Å². The lowest BCUT2D eigenvalue weighted by Crippen LogP contribution is -2.61. The summed E-state index contributed by atoms with van der Waals surface area (Å²) in [5.74, 6) is -8.48. The first-order chi connectivity index (χ1) is 31.9. The van der Waals surface area contributed by atoms with Crippen LogP contribution in [0.3, 0.4) is 0 Å². The van der Waals surface area contributed by atoms with Crippen molar-refractivity contribution in [3.05, 3.63) is 35.6 Å². The standard InChI is InChI=1S/C44H75FN14O9/c1-7-24(4)35(43(68)57-32(36(49)61)22-27-13-15-28(45)16-14-27)59-42(67)33(21-23(2)3)58-40(65)30(12-10-20-52-44(50)51)55-41(66)31(17-18-34(48)60)56-39(64)29(11-8-9-19-46)54-38(63)26(6)53-37(62)25(5)47/h13-16,23-26,29-33,35H,7-12,17-22,46-47H2,1-6H3,(H2,48,60)(H2,49,61)(H,53,62)(H,54,63)(H,55,66)(H,56,64)(H,57,68)(H,58,65)(H,59,67)(H4,50,51,52)/t24-,25-,26-,29-,30-,31-,32-,33-,35-/m0/s1. The van der Waals surface area contributed by atoms with Gasteiger partial charge in [-0.2, -0.15) is 0 Å². The first-order valence-electron chi connectivity index (χ1n) is 22.9. The smallest absolute Gasteiger partial charge is 0.243 e. The summed E-state index contributed by atoms with van der Waals surface area (Å²) < 4.78 is 13.5. The fourth-order valence-electron chi connectivity index (χ4n) is 6.61. The highest BCUT2D eigenvalue weighted by molar-refractivity contribution is 5.98. The Labute approximate surface area is 397 Å². The second-order valence-corrected chi connectivity index (χ2v) is 17.3. The fourth-order valence-corrected chi connectivity index (χ4v) is 6.61. The molecule has 382 valence electrons. The Hall–Kier alpha value is -6.43. The lowest BCUT2D eigenvalue weighted by Gasteiger charge is -2.29.